The highest BCUT2D eigenvalue weighted by Gasteiger charge is 2.13. The number of methoxy groups -OCH3 is 2. The highest BCUT2D eigenvalue weighted by molar-refractivity contribution is 5.91. The summed E-state index contributed by atoms with van der Waals surface area (Å²) in [6.07, 6.45) is 0.577. The van der Waals surface area contributed by atoms with Crippen molar-refractivity contribution in [2.24, 2.45) is 0 Å². The Hall–Kier alpha value is -2.22. The third-order valence-corrected chi connectivity index (χ3v) is 3.08. The number of nitrogens with zero attached hydrogens (tertiary/aromatic N) is 1. The fourth-order valence-corrected chi connectivity index (χ4v) is 1.96. The summed E-state index contributed by atoms with van der Waals surface area (Å²) in [6, 6.07) is 3.42. The Morgan fingerprint density at radius 3 is 2.53 bits per heavy atom. The summed E-state index contributed by atoms with van der Waals surface area (Å²) in [6.45, 7) is 4.32. The maximum absolute atomic E-state index is 10.9. The van der Waals surface area contributed by atoms with E-state index in [-0.39, 0.29) is 0 Å². The zero-order valence-electron chi connectivity index (χ0n) is 11.7. The standard InChI is InChI=1S/C14H18N2O3/c1-9-10(2)14(19-4)11(7-12(9)18-3)5-6-16-13(17)8-15/h7H,5-6H2,1-4H3,(H,16,17). The number of hydrogen-bond acceptors (Lipinski definition) is 4. The van der Waals surface area contributed by atoms with Gasteiger partial charge in [0, 0.05) is 6.54 Å². The van der Waals surface area contributed by atoms with Crippen molar-refractivity contribution in [1.82, 2.24) is 5.32 Å². The molecule has 19 heavy (non-hydrogen) atoms. The molecular weight excluding hydrogens is 244 g/mol. The van der Waals surface area contributed by atoms with Gasteiger partial charge in [-0.2, -0.15) is 5.26 Å². The van der Waals surface area contributed by atoms with E-state index in [1.54, 1.807) is 14.2 Å². The molecule has 5 heteroatoms. The molecule has 1 aromatic rings. The van der Waals surface area contributed by atoms with Crippen molar-refractivity contribution in [2.45, 2.75) is 20.3 Å². The SMILES string of the molecule is COc1cc(CCNC(=O)C#N)c(OC)c(C)c1C. The van der Waals surface area contributed by atoms with Gasteiger partial charge in [-0.15, -0.1) is 0 Å². The predicted molar refractivity (Wildman–Crippen MR) is 71.3 cm³/mol. The van der Waals surface area contributed by atoms with Gasteiger partial charge in [0.25, 0.3) is 0 Å². The second kappa shape index (κ2) is 6.64. The van der Waals surface area contributed by atoms with E-state index in [1.807, 2.05) is 19.9 Å². The monoisotopic (exact) mass is 262 g/mol. The summed E-state index contributed by atoms with van der Waals surface area (Å²) < 4.78 is 10.7. The minimum atomic E-state index is -0.630. The summed E-state index contributed by atoms with van der Waals surface area (Å²) >= 11 is 0. The number of carbonyl (C=O) groups is 1. The van der Waals surface area contributed by atoms with Crippen LogP contribution in [0.15, 0.2) is 6.07 Å². The van der Waals surface area contributed by atoms with Gasteiger partial charge >= 0.3 is 5.91 Å². The number of benzene rings is 1. The van der Waals surface area contributed by atoms with Gasteiger partial charge < -0.3 is 14.8 Å². The largest absolute Gasteiger partial charge is 0.496 e. The first-order valence-corrected chi connectivity index (χ1v) is 5.94. The van der Waals surface area contributed by atoms with Gasteiger partial charge in [-0.3, -0.25) is 4.79 Å². The molecule has 1 N–H and O–H groups in total. The van der Waals surface area contributed by atoms with Crippen molar-refractivity contribution < 1.29 is 14.3 Å². The number of rotatable bonds is 5. The quantitative estimate of drug-likeness (QED) is 0.816. The highest BCUT2D eigenvalue weighted by Crippen LogP contribution is 2.33. The molecule has 0 radical (unpaired) electrons. The number of nitriles is 1. The van der Waals surface area contributed by atoms with E-state index in [4.69, 9.17) is 14.7 Å². The molecule has 1 amide bonds. The smallest absolute Gasteiger partial charge is 0.322 e. The normalized spacial score (nSPS) is 9.63. The number of hydrogen-bond donors (Lipinski definition) is 1. The number of nitrogens with one attached hydrogen (secondary N) is 1. The van der Waals surface area contributed by atoms with E-state index in [0.717, 1.165) is 28.2 Å². The van der Waals surface area contributed by atoms with E-state index in [0.29, 0.717) is 13.0 Å². The second-order valence-corrected chi connectivity index (χ2v) is 4.14. The predicted octanol–water partition coefficient (Wildman–Crippen LogP) is 1.50. The summed E-state index contributed by atoms with van der Waals surface area (Å²) in [5, 5.41) is 10.9. The van der Waals surface area contributed by atoms with Gasteiger partial charge in [0.15, 0.2) is 6.07 Å². The van der Waals surface area contributed by atoms with Crippen LogP contribution in [0.1, 0.15) is 16.7 Å². The van der Waals surface area contributed by atoms with E-state index >= 15 is 0 Å². The third-order valence-electron chi connectivity index (χ3n) is 3.08. The molecule has 0 atom stereocenters. The molecule has 0 heterocycles. The molecule has 102 valence electrons. The Morgan fingerprint density at radius 2 is 2.00 bits per heavy atom. The topological polar surface area (TPSA) is 71.3 Å². The maximum atomic E-state index is 10.9. The molecule has 0 bridgehead atoms. The van der Waals surface area contributed by atoms with Crippen LogP contribution >= 0.6 is 0 Å². The molecule has 0 saturated heterocycles. The van der Waals surface area contributed by atoms with Crippen LogP contribution in [0, 0.1) is 25.2 Å². The Morgan fingerprint density at radius 1 is 1.32 bits per heavy atom. The fraction of sp³-hybridized carbons (Fsp3) is 0.429. The molecule has 1 rings (SSSR count). The molecule has 0 aliphatic carbocycles. The molecule has 0 aliphatic rings. The van der Waals surface area contributed by atoms with Crippen LogP contribution in [0.25, 0.3) is 0 Å². The van der Waals surface area contributed by atoms with Gasteiger partial charge in [0.2, 0.25) is 0 Å². The molecule has 0 aliphatic heterocycles. The van der Waals surface area contributed by atoms with Crippen molar-refractivity contribution in [3.63, 3.8) is 0 Å². The number of amides is 1. The Balaban J connectivity index is 2.96. The lowest BCUT2D eigenvalue weighted by Gasteiger charge is -2.16. The lowest BCUT2D eigenvalue weighted by molar-refractivity contribution is -0.115. The summed E-state index contributed by atoms with van der Waals surface area (Å²) in [4.78, 5) is 10.9. The van der Waals surface area contributed by atoms with Crippen molar-refractivity contribution in [3.05, 3.63) is 22.8 Å². The van der Waals surface area contributed by atoms with Crippen LogP contribution in [0.2, 0.25) is 0 Å². The zero-order chi connectivity index (χ0) is 14.4. The highest BCUT2D eigenvalue weighted by atomic mass is 16.5. The van der Waals surface area contributed by atoms with E-state index in [9.17, 15) is 4.79 Å². The van der Waals surface area contributed by atoms with Crippen LogP contribution in [-0.2, 0) is 11.2 Å². The lowest BCUT2D eigenvalue weighted by atomic mass is 10.0. The average Bonchev–Trinajstić information content (AvgIpc) is 2.42. The number of ether oxygens (including phenoxy) is 2. The molecule has 1 aromatic carbocycles. The molecule has 0 fully saturated rings. The molecule has 5 nitrogen and oxygen atoms in total. The fourth-order valence-electron chi connectivity index (χ4n) is 1.96. The number of carbonyl (C=O) groups excluding carboxylic acids is 1. The summed E-state index contributed by atoms with van der Waals surface area (Å²) in [5.41, 5.74) is 2.99. The van der Waals surface area contributed by atoms with E-state index in [2.05, 4.69) is 5.32 Å². The summed E-state index contributed by atoms with van der Waals surface area (Å²) in [5.74, 6) is 0.958. The van der Waals surface area contributed by atoms with Gasteiger partial charge in [-0.1, -0.05) is 0 Å². The Bertz CT molecular complexity index is 518. The first-order valence-electron chi connectivity index (χ1n) is 5.94. The average molecular weight is 262 g/mol. The van der Waals surface area contributed by atoms with Crippen molar-refractivity contribution in [1.29, 1.82) is 5.26 Å². The molecular formula is C14H18N2O3. The van der Waals surface area contributed by atoms with E-state index < -0.39 is 5.91 Å². The van der Waals surface area contributed by atoms with Crippen LogP contribution < -0.4 is 14.8 Å². The molecule has 0 saturated carbocycles. The lowest BCUT2D eigenvalue weighted by Crippen LogP contribution is -2.24. The Labute approximate surface area is 113 Å². The first-order chi connectivity index (χ1) is 9.04. The van der Waals surface area contributed by atoms with Gasteiger partial charge in [0.05, 0.1) is 14.2 Å². The summed E-state index contributed by atoms with van der Waals surface area (Å²) in [7, 11) is 3.24. The van der Waals surface area contributed by atoms with E-state index in [1.165, 1.54) is 6.07 Å². The molecule has 0 spiro atoms. The van der Waals surface area contributed by atoms with Gasteiger partial charge in [-0.25, -0.2) is 0 Å². The maximum Gasteiger partial charge on any atom is 0.322 e. The zero-order valence-corrected chi connectivity index (χ0v) is 11.7. The van der Waals surface area contributed by atoms with Crippen molar-refractivity contribution in [3.8, 4) is 17.6 Å². The minimum Gasteiger partial charge on any atom is -0.496 e. The van der Waals surface area contributed by atoms with Crippen LogP contribution in [0.4, 0.5) is 0 Å². The van der Waals surface area contributed by atoms with Crippen molar-refractivity contribution >= 4 is 5.91 Å². The minimum absolute atomic E-state index is 0.383. The second-order valence-electron chi connectivity index (χ2n) is 4.14. The van der Waals surface area contributed by atoms with Crippen LogP contribution in [0.5, 0.6) is 11.5 Å². The third kappa shape index (κ3) is 3.38. The van der Waals surface area contributed by atoms with Gasteiger partial charge in [0.1, 0.15) is 11.5 Å². The van der Waals surface area contributed by atoms with Crippen molar-refractivity contribution in [2.75, 3.05) is 20.8 Å². The van der Waals surface area contributed by atoms with Gasteiger partial charge in [-0.05, 0) is 43.0 Å². The van der Waals surface area contributed by atoms with Crippen LogP contribution in [-0.4, -0.2) is 26.7 Å². The molecule has 0 aromatic heterocycles. The first kappa shape index (κ1) is 14.8. The Kier molecular flexibility index (Phi) is 5.19. The molecule has 0 unspecified atom stereocenters. The van der Waals surface area contributed by atoms with Crippen LogP contribution in [0.3, 0.4) is 0 Å².